The summed E-state index contributed by atoms with van der Waals surface area (Å²) in [5, 5.41) is 3.27. The highest BCUT2D eigenvalue weighted by Gasteiger charge is 2.30. The van der Waals surface area contributed by atoms with E-state index in [4.69, 9.17) is 0 Å². The van der Waals surface area contributed by atoms with Gasteiger partial charge in [-0.15, -0.1) is 0 Å². The predicted octanol–water partition coefficient (Wildman–Crippen LogP) is 3.40. The molecule has 2 rings (SSSR count). The summed E-state index contributed by atoms with van der Waals surface area (Å²) in [6, 6.07) is 5.90. The van der Waals surface area contributed by atoms with E-state index in [9.17, 15) is 8.78 Å². The van der Waals surface area contributed by atoms with Crippen molar-refractivity contribution in [3.8, 4) is 0 Å². The third kappa shape index (κ3) is 3.25. The molecule has 1 fully saturated rings. The third-order valence-corrected chi connectivity index (χ3v) is 3.56. The van der Waals surface area contributed by atoms with E-state index in [-0.39, 0.29) is 5.82 Å². The van der Waals surface area contributed by atoms with Crippen molar-refractivity contribution in [3.63, 3.8) is 0 Å². The van der Waals surface area contributed by atoms with E-state index in [2.05, 4.69) is 5.32 Å². The number of hydrogen-bond acceptors (Lipinski definition) is 1. The van der Waals surface area contributed by atoms with Gasteiger partial charge in [0.15, 0.2) is 0 Å². The zero-order valence-corrected chi connectivity index (χ0v) is 10.2. The summed E-state index contributed by atoms with van der Waals surface area (Å²) in [5.74, 6) is 0.0335. The molecule has 1 saturated heterocycles. The van der Waals surface area contributed by atoms with Crippen molar-refractivity contribution in [2.45, 2.75) is 31.9 Å². The monoisotopic (exact) mass is 239 g/mol. The van der Waals surface area contributed by atoms with Crippen LogP contribution in [0, 0.1) is 11.7 Å². The average molecular weight is 239 g/mol. The SMILES string of the molecule is CC(F)(CC1CCNCC1)c1cccc(F)c1. The van der Waals surface area contributed by atoms with Crippen LogP contribution in [0.3, 0.4) is 0 Å². The van der Waals surface area contributed by atoms with E-state index in [1.54, 1.807) is 19.1 Å². The van der Waals surface area contributed by atoms with Crippen molar-refractivity contribution in [3.05, 3.63) is 35.6 Å². The molecule has 0 saturated carbocycles. The molecule has 0 bridgehead atoms. The molecular formula is C14H19F2N. The lowest BCUT2D eigenvalue weighted by atomic mass is 9.83. The number of alkyl halides is 1. The van der Waals surface area contributed by atoms with Gasteiger partial charge in [0.05, 0.1) is 0 Å². The van der Waals surface area contributed by atoms with E-state index in [1.165, 1.54) is 12.1 Å². The van der Waals surface area contributed by atoms with Gasteiger partial charge >= 0.3 is 0 Å². The van der Waals surface area contributed by atoms with Crippen LogP contribution in [-0.2, 0) is 5.67 Å². The molecule has 1 atom stereocenters. The minimum absolute atomic E-state index is 0.364. The molecule has 1 aromatic carbocycles. The molecule has 0 amide bonds. The number of rotatable bonds is 3. The van der Waals surface area contributed by atoms with Gasteiger partial charge in [-0.1, -0.05) is 12.1 Å². The molecule has 94 valence electrons. The van der Waals surface area contributed by atoms with E-state index in [0.29, 0.717) is 17.9 Å². The van der Waals surface area contributed by atoms with Crippen LogP contribution >= 0.6 is 0 Å². The lowest BCUT2D eigenvalue weighted by molar-refractivity contribution is 0.132. The van der Waals surface area contributed by atoms with Gasteiger partial charge in [0, 0.05) is 0 Å². The van der Waals surface area contributed by atoms with Crippen molar-refractivity contribution < 1.29 is 8.78 Å². The van der Waals surface area contributed by atoms with Crippen LogP contribution in [0.5, 0.6) is 0 Å². The Labute approximate surface area is 101 Å². The van der Waals surface area contributed by atoms with Crippen LogP contribution in [-0.4, -0.2) is 13.1 Å². The molecular weight excluding hydrogens is 220 g/mol. The number of halogens is 2. The molecule has 1 nitrogen and oxygen atoms in total. The Morgan fingerprint density at radius 1 is 1.35 bits per heavy atom. The Morgan fingerprint density at radius 2 is 2.06 bits per heavy atom. The van der Waals surface area contributed by atoms with Crippen molar-refractivity contribution in [2.75, 3.05) is 13.1 Å². The fourth-order valence-electron chi connectivity index (χ4n) is 2.56. The highest BCUT2D eigenvalue weighted by Crippen LogP contribution is 2.35. The Balaban J connectivity index is 2.06. The zero-order valence-electron chi connectivity index (χ0n) is 10.2. The summed E-state index contributed by atoms with van der Waals surface area (Å²) in [6.07, 6.45) is 2.50. The van der Waals surface area contributed by atoms with Crippen LogP contribution in [0.25, 0.3) is 0 Å². The van der Waals surface area contributed by atoms with Crippen LogP contribution in [0.15, 0.2) is 24.3 Å². The molecule has 1 unspecified atom stereocenters. The maximum absolute atomic E-state index is 14.6. The van der Waals surface area contributed by atoms with Gasteiger partial charge in [-0.3, -0.25) is 0 Å². The second-order valence-electron chi connectivity index (χ2n) is 5.11. The van der Waals surface area contributed by atoms with Gasteiger partial charge in [0.2, 0.25) is 0 Å². The van der Waals surface area contributed by atoms with E-state index < -0.39 is 5.67 Å². The number of piperidine rings is 1. The first-order valence-electron chi connectivity index (χ1n) is 6.23. The lowest BCUT2D eigenvalue weighted by Crippen LogP contribution is -2.31. The summed E-state index contributed by atoms with van der Waals surface area (Å²) in [5.41, 5.74) is -0.972. The molecule has 0 aliphatic carbocycles. The minimum atomic E-state index is -1.43. The Hall–Kier alpha value is -0.960. The summed E-state index contributed by atoms with van der Waals surface area (Å²) in [6.45, 7) is 3.48. The first kappa shape index (κ1) is 12.5. The van der Waals surface area contributed by atoms with Crippen molar-refractivity contribution in [2.24, 2.45) is 5.92 Å². The molecule has 1 aliphatic rings. The van der Waals surface area contributed by atoms with E-state index in [1.807, 2.05) is 0 Å². The zero-order chi connectivity index (χ0) is 12.3. The molecule has 1 N–H and O–H groups in total. The normalized spacial score (nSPS) is 21.1. The first-order valence-corrected chi connectivity index (χ1v) is 6.23. The van der Waals surface area contributed by atoms with Crippen molar-refractivity contribution in [1.82, 2.24) is 5.32 Å². The molecule has 0 radical (unpaired) electrons. The third-order valence-electron chi connectivity index (χ3n) is 3.56. The lowest BCUT2D eigenvalue weighted by Gasteiger charge is -2.29. The second-order valence-corrected chi connectivity index (χ2v) is 5.11. The second kappa shape index (κ2) is 5.13. The number of nitrogens with one attached hydrogen (secondary N) is 1. The maximum Gasteiger partial charge on any atom is 0.133 e. The van der Waals surface area contributed by atoms with Gasteiger partial charge in [0.25, 0.3) is 0 Å². The molecule has 1 aliphatic heterocycles. The first-order chi connectivity index (χ1) is 8.08. The van der Waals surface area contributed by atoms with Gasteiger partial charge in [-0.25, -0.2) is 8.78 Å². The van der Waals surface area contributed by atoms with Gasteiger partial charge < -0.3 is 5.32 Å². The Morgan fingerprint density at radius 3 is 2.71 bits per heavy atom. The van der Waals surface area contributed by atoms with Gasteiger partial charge in [-0.05, 0) is 62.9 Å². The fraction of sp³-hybridized carbons (Fsp3) is 0.571. The predicted molar refractivity (Wildman–Crippen MR) is 65.1 cm³/mol. The van der Waals surface area contributed by atoms with Gasteiger partial charge in [-0.2, -0.15) is 0 Å². The standard InChI is InChI=1S/C14H19F2N/c1-14(16,10-11-5-7-17-8-6-11)12-3-2-4-13(15)9-12/h2-4,9,11,17H,5-8,10H2,1H3. The van der Waals surface area contributed by atoms with Crippen LogP contribution in [0.2, 0.25) is 0 Å². The molecule has 1 heterocycles. The highest BCUT2D eigenvalue weighted by molar-refractivity contribution is 5.22. The molecule has 1 aromatic rings. The van der Waals surface area contributed by atoms with E-state index in [0.717, 1.165) is 25.9 Å². The average Bonchev–Trinajstić information content (AvgIpc) is 2.30. The summed E-state index contributed by atoms with van der Waals surface area (Å²) in [7, 11) is 0. The summed E-state index contributed by atoms with van der Waals surface area (Å²) in [4.78, 5) is 0. The van der Waals surface area contributed by atoms with Gasteiger partial charge in [0.1, 0.15) is 11.5 Å². The molecule has 17 heavy (non-hydrogen) atoms. The number of hydrogen-bond donors (Lipinski definition) is 1. The van der Waals surface area contributed by atoms with E-state index >= 15 is 0 Å². The quantitative estimate of drug-likeness (QED) is 0.852. The Kier molecular flexibility index (Phi) is 3.77. The summed E-state index contributed by atoms with van der Waals surface area (Å²) >= 11 is 0. The molecule has 3 heteroatoms. The van der Waals surface area contributed by atoms with Crippen molar-refractivity contribution in [1.29, 1.82) is 0 Å². The molecule has 0 spiro atoms. The maximum atomic E-state index is 14.6. The topological polar surface area (TPSA) is 12.0 Å². The van der Waals surface area contributed by atoms with Crippen LogP contribution in [0.1, 0.15) is 31.7 Å². The number of benzene rings is 1. The highest BCUT2D eigenvalue weighted by atomic mass is 19.1. The van der Waals surface area contributed by atoms with Crippen LogP contribution in [0.4, 0.5) is 8.78 Å². The van der Waals surface area contributed by atoms with Crippen LogP contribution < -0.4 is 5.32 Å². The Bertz CT molecular complexity index is 370. The summed E-state index contributed by atoms with van der Waals surface area (Å²) < 4.78 is 27.7. The fourth-order valence-corrected chi connectivity index (χ4v) is 2.56. The van der Waals surface area contributed by atoms with Crippen molar-refractivity contribution >= 4 is 0 Å². The molecule has 0 aromatic heterocycles. The smallest absolute Gasteiger partial charge is 0.133 e. The largest absolute Gasteiger partial charge is 0.317 e. The minimum Gasteiger partial charge on any atom is -0.317 e.